The molecule has 5 N–H and O–H groups in total. The van der Waals surface area contributed by atoms with E-state index < -0.39 is 16.1 Å². The van der Waals surface area contributed by atoms with Crippen molar-refractivity contribution in [2.75, 3.05) is 19.8 Å². The molecule has 72 valence electrons. The number of primary amides is 1. The molecule has 0 aromatic rings. The summed E-state index contributed by atoms with van der Waals surface area (Å²) in [6.45, 7) is -0.155. The highest BCUT2D eigenvalue weighted by Gasteiger charge is 1.99. The van der Waals surface area contributed by atoms with Crippen LogP contribution in [-0.2, 0) is 19.7 Å². The molecule has 1 amide bonds. The summed E-state index contributed by atoms with van der Waals surface area (Å²) in [4.78, 5) is 10.1. The lowest BCUT2D eigenvalue weighted by Gasteiger charge is -2.01. The van der Waals surface area contributed by atoms with Gasteiger partial charge in [0.15, 0.2) is 0 Å². The average Bonchev–Trinajstić information content (AvgIpc) is 1.83. The van der Waals surface area contributed by atoms with Crippen LogP contribution in [0.15, 0.2) is 0 Å². The van der Waals surface area contributed by atoms with Gasteiger partial charge in [-0.2, -0.15) is 8.42 Å². The van der Waals surface area contributed by atoms with Crippen molar-refractivity contribution in [2.45, 2.75) is 0 Å². The summed E-state index contributed by atoms with van der Waals surface area (Å²) in [7, 11) is -3.67. The van der Waals surface area contributed by atoms with Crippen molar-refractivity contribution in [3.05, 3.63) is 0 Å². The Morgan fingerprint density at radius 1 is 1.50 bits per heavy atom. The molecule has 0 atom stereocenters. The normalized spacial score (nSPS) is 11.4. The Hall–Kier alpha value is -0.700. The monoisotopic (exact) mass is 197 g/mol. The number of ether oxygens (including phenoxy) is 1. The number of carbonyl (C=O) groups is 1. The van der Waals surface area contributed by atoms with Crippen LogP contribution < -0.4 is 15.6 Å². The van der Waals surface area contributed by atoms with E-state index in [0.717, 1.165) is 0 Å². The fourth-order valence-corrected chi connectivity index (χ4v) is 0.797. The lowest BCUT2D eigenvalue weighted by Crippen LogP contribution is -2.33. The van der Waals surface area contributed by atoms with Gasteiger partial charge in [-0.05, 0) is 0 Å². The predicted octanol–water partition coefficient (Wildman–Crippen LogP) is -2.72. The Bertz CT molecular complexity index is 237. The van der Waals surface area contributed by atoms with Gasteiger partial charge in [0.05, 0.1) is 6.61 Å². The molecule has 0 heterocycles. The number of hydrogen-bond acceptors (Lipinski definition) is 4. The van der Waals surface area contributed by atoms with Gasteiger partial charge < -0.3 is 10.5 Å². The van der Waals surface area contributed by atoms with Crippen LogP contribution in [0.25, 0.3) is 0 Å². The minimum absolute atomic E-state index is 0.0200. The topological polar surface area (TPSA) is 125 Å². The van der Waals surface area contributed by atoms with Crippen LogP contribution in [0.4, 0.5) is 0 Å². The third-order valence-corrected chi connectivity index (χ3v) is 1.40. The zero-order chi connectivity index (χ0) is 9.61. The maximum atomic E-state index is 10.2. The van der Waals surface area contributed by atoms with Crippen molar-refractivity contribution in [1.29, 1.82) is 0 Å². The molecule has 0 bridgehead atoms. The molecule has 0 aliphatic rings. The van der Waals surface area contributed by atoms with Crippen molar-refractivity contribution >= 4 is 16.1 Å². The average molecular weight is 197 g/mol. The van der Waals surface area contributed by atoms with Gasteiger partial charge in [-0.1, -0.05) is 0 Å². The van der Waals surface area contributed by atoms with Gasteiger partial charge in [0, 0.05) is 6.54 Å². The molecular weight excluding hydrogens is 186 g/mol. The van der Waals surface area contributed by atoms with Gasteiger partial charge in [0.2, 0.25) is 5.91 Å². The zero-order valence-corrected chi connectivity index (χ0v) is 7.13. The van der Waals surface area contributed by atoms with E-state index in [2.05, 4.69) is 9.88 Å². The fourth-order valence-electron chi connectivity index (χ4n) is 0.429. The van der Waals surface area contributed by atoms with Crippen LogP contribution in [0, 0.1) is 0 Å². The Labute approximate surface area is 70.2 Å². The maximum Gasteiger partial charge on any atom is 0.274 e. The van der Waals surface area contributed by atoms with E-state index in [4.69, 9.17) is 5.73 Å². The van der Waals surface area contributed by atoms with Gasteiger partial charge in [-0.25, -0.2) is 9.86 Å². The Morgan fingerprint density at radius 2 is 2.08 bits per heavy atom. The molecule has 0 aliphatic heterocycles. The van der Waals surface area contributed by atoms with Crippen molar-refractivity contribution in [1.82, 2.24) is 4.72 Å². The van der Waals surface area contributed by atoms with E-state index >= 15 is 0 Å². The number of rotatable bonds is 6. The maximum absolute atomic E-state index is 10.2. The van der Waals surface area contributed by atoms with Crippen LogP contribution in [0.5, 0.6) is 0 Å². The number of amides is 1. The Kier molecular flexibility index (Phi) is 4.74. The van der Waals surface area contributed by atoms with E-state index in [1.807, 2.05) is 4.72 Å². The summed E-state index contributed by atoms with van der Waals surface area (Å²) in [5.41, 5.74) is 4.73. The SMILES string of the molecule is NC(=O)COCCNS(N)(=O)=O. The largest absolute Gasteiger partial charge is 0.370 e. The van der Waals surface area contributed by atoms with Crippen LogP contribution in [-0.4, -0.2) is 34.1 Å². The number of nitrogens with two attached hydrogens (primary N) is 2. The number of hydrogen-bond donors (Lipinski definition) is 3. The first kappa shape index (κ1) is 11.3. The molecule has 0 saturated carbocycles. The lowest BCUT2D eigenvalue weighted by molar-refractivity contribution is -0.122. The smallest absolute Gasteiger partial charge is 0.274 e. The molecule has 0 aliphatic carbocycles. The van der Waals surface area contributed by atoms with E-state index in [0.29, 0.717) is 0 Å². The summed E-state index contributed by atoms with van der Waals surface area (Å²) in [5.74, 6) is -0.606. The van der Waals surface area contributed by atoms with Crippen LogP contribution in [0.3, 0.4) is 0 Å². The molecule has 12 heavy (non-hydrogen) atoms. The summed E-state index contributed by atoms with van der Waals surface area (Å²) in [5, 5.41) is 4.59. The highest BCUT2D eigenvalue weighted by Crippen LogP contribution is 1.73. The molecule has 0 spiro atoms. The first-order valence-electron chi connectivity index (χ1n) is 3.05. The lowest BCUT2D eigenvalue weighted by atomic mass is 10.6. The van der Waals surface area contributed by atoms with E-state index in [9.17, 15) is 13.2 Å². The van der Waals surface area contributed by atoms with Crippen molar-refractivity contribution < 1.29 is 17.9 Å². The zero-order valence-electron chi connectivity index (χ0n) is 6.32. The second-order valence-electron chi connectivity index (χ2n) is 1.96. The quantitative estimate of drug-likeness (QED) is 0.400. The Morgan fingerprint density at radius 3 is 2.50 bits per heavy atom. The first-order chi connectivity index (χ1) is 5.42. The molecule has 0 rings (SSSR count). The molecule has 0 fully saturated rings. The molecular formula is C4H11N3O4S. The number of carbonyl (C=O) groups excluding carboxylic acids is 1. The number of nitrogens with one attached hydrogen (secondary N) is 1. The third kappa shape index (κ3) is 9.30. The van der Waals surface area contributed by atoms with Gasteiger partial charge in [0.1, 0.15) is 6.61 Å². The molecule has 0 radical (unpaired) electrons. The van der Waals surface area contributed by atoms with Crippen molar-refractivity contribution in [2.24, 2.45) is 10.9 Å². The molecule has 0 aromatic carbocycles. The second kappa shape index (κ2) is 5.04. The van der Waals surface area contributed by atoms with Gasteiger partial charge in [-0.3, -0.25) is 4.79 Å². The van der Waals surface area contributed by atoms with Crippen molar-refractivity contribution in [3.63, 3.8) is 0 Å². The van der Waals surface area contributed by atoms with E-state index in [1.165, 1.54) is 0 Å². The molecule has 0 unspecified atom stereocenters. The standard InChI is InChI=1S/C4H11N3O4S/c5-4(8)3-11-2-1-7-12(6,9)10/h7H,1-3H2,(H2,5,8)(H2,6,9,10). The first-order valence-corrected chi connectivity index (χ1v) is 4.60. The summed E-state index contributed by atoms with van der Waals surface area (Å²) in [6, 6.07) is 0. The highest BCUT2D eigenvalue weighted by atomic mass is 32.2. The van der Waals surface area contributed by atoms with E-state index in [1.54, 1.807) is 0 Å². The van der Waals surface area contributed by atoms with E-state index in [-0.39, 0.29) is 19.8 Å². The fraction of sp³-hybridized carbons (Fsp3) is 0.750. The van der Waals surface area contributed by atoms with Crippen LogP contribution in [0.1, 0.15) is 0 Å². The van der Waals surface area contributed by atoms with Gasteiger partial charge in [0.25, 0.3) is 10.2 Å². The highest BCUT2D eigenvalue weighted by molar-refractivity contribution is 7.87. The molecule has 8 heteroatoms. The van der Waals surface area contributed by atoms with Gasteiger partial charge in [-0.15, -0.1) is 0 Å². The van der Waals surface area contributed by atoms with Crippen LogP contribution in [0.2, 0.25) is 0 Å². The summed E-state index contributed by atoms with van der Waals surface area (Å²) >= 11 is 0. The second-order valence-corrected chi connectivity index (χ2v) is 3.34. The Balaban J connectivity index is 3.29. The van der Waals surface area contributed by atoms with Gasteiger partial charge >= 0.3 is 0 Å². The molecule has 0 saturated heterocycles. The van der Waals surface area contributed by atoms with Crippen molar-refractivity contribution in [3.8, 4) is 0 Å². The molecule has 7 nitrogen and oxygen atoms in total. The minimum Gasteiger partial charge on any atom is -0.370 e. The molecule has 0 aromatic heterocycles. The summed E-state index contributed by atoms with van der Waals surface area (Å²) in [6.07, 6.45) is 0. The predicted molar refractivity (Wildman–Crippen MR) is 41.1 cm³/mol. The summed E-state index contributed by atoms with van der Waals surface area (Å²) < 4.78 is 27.1. The third-order valence-electron chi connectivity index (χ3n) is 0.794. The minimum atomic E-state index is -3.67. The van der Waals surface area contributed by atoms with Crippen LogP contribution >= 0.6 is 0 Å².